The molecule has 0 unspecified atom stereocenters. The van der Waals surface area contributed by atoms with Gasteiger partial charge in [-0.05, 0) is 17.9 Å². The maximum Gasteiger partial charge on any atom is 0.490 e. The number of aromatic nitrogens is 3. The lowest BCUT2D eigenvalue weighted by Crippen LogP contribution is -2.36. The highest BCUT2D eigenvalue weighted by atomic mass is 32.1. The summed E-state index contributed by atoms with van der Waals surface area (Å²) in [6, 6.07) is 4.24. The van der Waals surface area contributed by atoms with Crippen molar-refractivity contribution < 1.29 is 50.9 Å². The molecular weight excluding hydrogens is 526 g/mol. The molecule has 1 fully saturated rings. The molecule has 11 nitrogen and oxygen atoms in total. The molecule has 5 N–H and O–H groups in total. The van der Waals surface area contributed by atoms with E-state index in [1.54, 1.807) is 11.3 Å². The number of aliphatic carboxylic acids is 2. The van der Waals surface area contributed by atoms with Gasteiger partial charge in [-0.1, -0.05) is 6.07 Å². The van der Waals surface area contributed by atoms with Crippen molar-refractivity contribution in [2.75, 3.05) is 31.9 Å². The lowest BCUT2D eigenvalue weighted by molar-refractivity contribution is -0.193. The molecule has 0 aromatic carbocycles. The average molecular weight is 548 g/mol. The van der Waals surface area contributed by atoms with Crippen LogP contribution in [0.3, 0.4) is 0 Å². The van der Waals surface area contributed by atoms with E-state index in [4.69, 9.17) is 25.5 Å². The Kier molecular flexibility index (Phi) is 11.6. The van der Waals surface area contributed by atoms with E-state index in [1.807, 2.05) is 4.90 Å². The Hall–Kier alpha value is -3.41. The molecule has 1 saturated heterocycles. The minimum Gasteiger partial charge on any atom is -0.475 e. The number of rotatable bonds is 4. The van der Waals surface area contributed by atoms with Gasteiger partial charge in [-0.25, -0.2) is 9.59 Å². The molecule has 1 aliphatic rings. The normalized spacial score (nSPS) is 14.6. The van der Waals surface area contributed by atoms with Crippen molar-refractivity contribution in [1.82, 2.24) is 25.0 Å². The molecule has 0 spiro atoms. The van der Waals surface area contributed by atoms with Crippen LogP contribution in [0.5, 0.6) is 0 Å². The van der Waals surface area contributed by atoms with Crippen LogP contribution in [0.25, 0.3) is 0 Å². The molecule has 18 heteroatoms. The van der Waals surface area contributed by atoms with E-state index in [-0.39, 0.29) is 18.3 Å². The number of hydrogen-bond acceptors (Lipinski definition) is 8. The van der Waals surface area contributed by atoms with Gasteiger partial charge >= 0.3 is 24.3 Å². The van der Waals surface area contributed by atoms with Crippen LogP contribution in [0.1, 0.15) is 17.1 Å². The maximum atomic E-state index is 12.3. The maximum absolute atomic E-state index is 12.3. The minimum absolute atomic E-state index is 0.0779. The first-order valence-electron chi connectivity index (χ1n) is 9.89. The molecule has 0 bridgehead atoms. The van der Waals surface area contributed by atoms with Crippen LogP contribution < -0.4 is 5.73 Å². The van der Waals surface area contributed by atoms with Gasteiger partial charge in [0.15, 0.2) is 0 Å². The molecule has 0 saturated carbocycles. The fourth-order valence-corrected chi connectivity index (χ4v) is 3.39. The van der Waals surface area contributed by atoms with E-state index in [1.165, 1.54) is 4.88 Å². The van der Waals surface area contributed by atoms with Crippen molar-refractivity contribution in [1.29, 1.82) is 0 Å². The molecular formula is C18H22F6N6O5S. The number of hydrogen-bond donors (Lipinski definition) is 4. The molecule has 0 atom stereocenters. The van der Waals surface area contributed by atoms with Crippen molar-refractivity contribution in [3.63, 3.8) is 0 Å². The lowest BCUT2D eigenvalue weighted by atomic mass is 10.3. The number of thiophene rings is 1. The summed E-state index contributed by atoms with van der Waals surface area (Å²) < 4.78 is 63.5. The Bertz CT molecular complexity index is 958. The number of carbonyl (C=O) groups excluding carboxylic acids is 1. The van der Waals surface area contributed by atoms with E-state index in [2.05, 4.69) is 37.6 Å². The van der Waals surface area contributed by atoms with Gasteiger partial charge in [-0.2, -0.15) is 31.3 Å². The number of amides is 1. The van der Waals surface area contributed by atoms with Gasteiger partial charge in [0.1, 0.15) is 5.82 Å². The monoisotopic (exact) mass is 548 g/mol. The first-order chi connectivity index (χ1) is 16.6. The summed E-state index contributed by atoms with van der Waals surface area (Å²) in [6.45, 7) is 4.45. The Morgan fingerprint density at radius 1 is 1.03 bits per heavy atom. The second kappa shape index (κ2) is 13.6. The molecule has 3 rings (SSSR count). The summed E-state index contributed by atoms with van der Waals surface area (Å²) in [7, 11) is 0. The highest BCUT2D eigenvalue weighted by Gasteiger charge is 2.38. The molecule has 1 aliphatic heterocycles. The van der Waals surface area contributed by atoms with E-state index >= 15 is 0 Å². The largest absolute Gasteiger partial charge is 0.490 e. The summed E-state index contributed by atoms with van der Waals surface area (Å²) in [4.78, 5) is 39.8. The zero-order valence-corrected chi connectivity index (χ0v) is 19.2. The zero-order valence-electron chi connectivity index (χ0n) is 18.3. The molecule has 0 radical (unpaired) electrons. The number of nitrogen functional groups attached to an aromatic ring is 1. The third-order valence-corrected chi connectivity index (χ3v) is 5.11. The molecule has 1 amide bonds. The number of H-pyrrole nitrogens is 1. The predicted molar refractivity (Wildman–Crippen MR) is 113 cm³/mol. The van der Waals surface area contributed by atoms with Crippen molar-refractivity contribution in [2.45, 2.75) is 31.7 Å². The number of anilines is 1. The predicted octanol–water partition coefficient (Wildman–Crippen LogP) is 1.99. The number of nitrogens with zero attached hydrogens (tertiary/aromatic N) is 4. The number of aromatic amines is 1. The molecule has 36 heavy (non-hydrogen) atoms. The average Bonchev–Trinajstić information content (AvgIpc) is 3.34. The van der Waals surface area contributed by atoms with Gasteiger partial charge in [0, 0.05) is 37.6 Å². The van der Waals surface area contributed by atoms with Gasteiger partial charge in [0.25, 0.3) is 0 Å². The Morgan fingerprint density at radius 2 is 1.61 bits per heavy atom. The Morgan fingerprint density at radius 3 is 2.06 bits per heavy atom. The van der Waals surface area contributed by atoms with Gasteiger partial charge in [-0.15, -0.1) is 16.4 Å². The third kappa shape index (κ3) is 11.8. The van der Waals surface area contributed by atoms with Crippen LogP contribution in [-0.4, -0.2) is 91.6 Å². The van der Waals surface area contributed by atoms with Crippen LogP contribution in [0, 0.1) is 0 Å². The van der Waals surface area contributed by atoms with E-state index in [0.717, 1.165) is 39.1 Å². The fourth-order valence-electron chi connectivity index (χ4n) is 2.65. The number of halogens is 6. The van der Waals surface area contributed by atoms with Gasteiger partial charge in [-0.3, -0.25) is 14.8 Å². The number of carboxylic acids is 2. The summed E-state index contributed by atoms with van der Waals surface area (Å²) >= 11 is 1.78. The summed E-state index contributed by atoms with van der Waals surface area (Å²) in [5.41, 5.74) is 5.46. The highest BCUT2D eigenvalue weighted by molar-refractivity contribution is 7.09. The highest BCUT2D eigenvalue weighted by Crippen LogP contribution is 2.15. The second-order valence-electron chi connectivity index (χ2n) is 7.01. The number of carbonyl (C=O) groups is 3. The topological polar surface area (TPSA) is 166 Å². The smallest absolute Gasteiger partial charge is 0.475 e. The van der Waals surface area contributed by atoms with Crippen molar-refractivity contribution in [3.8, 4) is 0 Å². The lowest BCUT2D eigenvalue weighted by Gasteiger charge is -2.21. The fraction of sp³-hybridized carbons (Fsp3) is 0.500. The van der Waals surface area contributed by atoms with Crippen LogP contribution in [-0.2, 0) is 27.3 Å². The Balaban J connectivity index is 0.000000383. The van der Waals surface area contributed by atoms with Crippen molar-refractivity contribution >= 4 is 35.1 Å². The number of nitrogens with one attached hydrogen (secondary N) is 1. The second-order valence-corrected chi connectivity index (χ2v) is 8.04. The first kappa shape index (κ1) is 30.6. The molecule has 2 aromatic heterocycles. The molecule has 0 aliphatic carbocycles. The SMILES string of the molecule is Nc1n[nH]c(CC(=O)N2CCCN(Cc3cccs3)CC2)n1.O=C(O)C(F)(F)F.O=C(O)C(F)(F)F. The van der Waals surface area contributed by atoms with Gasteiger partial charge < -0.3 is 20.8 Å². The van der Waals surface area contributed by atoms with Crippen molar-refractivity contribution in [3.05, 3.63) is 28.2 Å². The van der Waals surface area contributed by atoms with Crippen LogP contribution in [0.15, 0.2) is 17.5 Å². The summed E-state index contributed by atoms with van der Waals surface area (Å²) in [5.74, 6) is -4.72. The number of carboxylic acid groups (broad SMARTS) is 2. The van der Waals surface area contributed by atoms with E-state index < -0.39 is 24.3 Å². The van der Waals surface area contributed by atoms with E-state index in [9.17, 15) is 31.1 Å². The Labute approximate surface area is 203 Å². The zero-order chi connectivity index (χ0) is 27.5. The van der Waals surface area contributed by atoms with Gasteiger partial charge in [0.2, 0.25) is 11.9 Å². The number of nitrogens with two attached hydrogens (primary N) is 1. The summed E-state index contributed by atoms with van der Waals surface area (Å²) in [6.07, 6.45) is -8.94. The van der Waals surface area contributed by atoms with Crippen LogP contribution >= 0.6 is 11.3 Å². The minimum atomic E-state index is -5.08. The van der Waals surface area contributed by atoms with E-state index in [0.29, 0.717) is 5.82 Å². The quantitative estimate of drug-likeness (QED) is 0.418. The summed E-state index contributed by atoms with van der Waals surface area (Å²) in [5, 5.41) is 22.8. The molecule has 2 aromatic rings. The molecule has 202 valence electrons. The van der Waals surface area contributed by atoms with Crippen LogP contribution in [0.2, 0.25) is 0 Å². The molecule has 3 heterocycles. The third-order valence-electron chi connectivity index (χ3n) is 4.25. The standard InChI is InChI=1S/C14H20N6OS.2C2HF3O2/c15-14-16-12(17-18-14)9-13(21)20-5-2-4-19(6-7-20)10-11-3-1-8-22-11;2*3-2(4,5)1(6)7/h1,3,8H,2,4-7,9-10H2,(H3,15,16,17,18);2*(H,6,7). The van der Waals surface area contributed by atoms with Crippen LogP contribution in [0.4, 0.5) is 32.3 Å². The van der Waals surface area contributed by atoms with Crippen molar-refractivity contribution in [2.24, 2.45) is 0 Å². The van der Waals surface area contributed by atoms with Gasteiger partial charge in [0.05, 0.1) is 6.42 Å². The number of alkyl halides is 6. The first-order valence-corrected chi connectivity index (χ1v) is 10.8.